The smallest absolute Gasteiger partial charge is 0.412 e. The molecule has 178 valence electrons. The summed E-state index contributed by atoms with van der Waals surface area (Å²) in [6.45, 7) is 0.717. The number of nitrogen functional groups attached to an aromatic ring is 1. The highest BCUT2D eigenvalue weighted by Gasteiger charge is 2.47. The van der Waals surface area contributed by atoms with Gasteiger partial charge in [0.25, 0.3) is 5.91 Å². The Balaban J connectivity index is 1.38. The van der Waals surface area contributed by atoms with Crippen molar-refractivity contribution in [1.82, 2.24) is 15.2 Å². The van der Waals surface area contributed by atoms with Crippen LogP contribution in [0, 0.1) is 5.92 Å². The van der Waals surface area contributed by atoms with Crippen molar-refractivity contribution in [3.05, 3.63) is 52.7 Å². The van der Waals surface area contributed by atoms with Gasteiger partial charge in [-0.2, -0.15) is 0 Å². The molecule has 1 spiro atoms. The van der Waals surface area contributed by atoms with Crippen LogP contribution in [0.15, 0.2) is 36.5 Å². The highest BCUT2D eigenvalue weighted by molar-refractivity contribution is 6.30. The van der Waals surface area contributed by atoms with Gasteiger partial charge in [-0.15, -0.1) is 0 Å². The number of anilines is 2. The van der Waals surface area contributed by atoms with Gasteiger partial charge in [-0.1, -0.05) is 24.4 Å². The van der Waals surface area contributed by atoms with E-state index in [-0.39, 0.29) is 18.4 Å². The number of nitrogens with two attached hydrogens (primary N) is 1. The van der Waals surface area contributed by atoms with E-state index >= 15 is 0 Å². The van der Waals surface area contributed by atoms with E-state index < -0.39 is 17.7 Å². The van der Waals surface area contributed by atoms with E-state index in [1.807, 2.05) is 0 Å². The van der Waals surface area contributed by atoms with Crippen molar-refractivity contribution < 1.29 is 19.1 Å². The molecule has 2 atom stereocenters. The van der Waals surface area contributed by atoms with Gasteiger partial charge >= 0.3 is 6.09 Å². The minimum atomic E-state index is -0.981. The van der Waals surface area contributed by atoms with Crippen molar-refractivity contribution in [3.8, 4) is 0 Å². The molecule has 9 nitrogen and oxygen atoms in total. The van der Waals surface area contributed by atoms with Gasteiger partial charge in [0.1, 0.15) is 11.9 Å². The Morgan fingerprint density at radius 2 is 2.15 bits per heavy atom. The molecule has 1 saturated heterocycles. The first-order chi connectivity index (χ1) is 16.3. The highest BCUT2D eigenvalue weighted by atomic mass is 35.5. The summed E-state index contributed by atoms with van der Waals surface area (Å²) >= 11 is 6.25. The number of ether oxygens (including phenoxy) is 1. The SMILES string of the molecule is Nc1ccc(C(=O)N[C@@H](CC2CC2)C(=O)N2CCC[C@@]3(C2)OC(=O)Nc2ccc(Cl)cc23)cn1. The van der Waals surface area contributed by atoms with Gasteiger partial charge in [0.2, 0.25) is 5.91 Å². The van der Waals surface area contributed by atoms with Crippen LogP contribution in [0.3, 0.4) is 0 Å². The van der Waals surface area contributed by atoms with Crippen LogP contribution in [0.4, 0.5) is 16.3 Å². The zero-order valence-corrected chi connectivity index (χ0v) is 19.3. The Kier molecular flexibility index (Phi) is 5.81. The predicted molar refractivity (Wildman–Crippen MR) is 126 cm³/mol. The zero-order chi connectivity index (χ0) is 23.9. The van der Waals surface area contributed by atoms with E-state index in [9.17, 15) is 14.4 Å². The number of carbonyl (C=O) groups is 3. The fourth-order valence-electron chi connectivity index (χ4n) is 4.79. The van der Waals surface area contributed by atoms with Gasteiger partial charge < -0.3 is 20.7 Å². The summed E-state index contributed by atoms with van der Waals surface area (Å²) in [7, 11) is 0. The summed E-state index contributed by atoms with van der Waals surface area (Å²) in [6, 6.07) is 7.69. The molecule has 1 aromatic heterocycles. The largest absolute Gasteiger partial charge is 0.436 e. The Labute approximate surface area is 202 Å². The average molecular weight is 484 g/mol. The molecule has 0 unspecified atom stereocenters. The molecular weight excluding hydrogens is 458 g/mol. The van der Waals surface area contributed by atoms with Crippen LogP contribution in [0.5, 0.6) is 0 Å². The van der Waals surface area contributed by atoms with E-state index in [1.54, 1.807) is 35.2 Å². The number of piperidine rings is 1. The molecule has 4 N–H and O–H groups in total. The summed E-state index contributed by atoms with van der Waals surface area (Å²) in [6.07, 6.45) is 4.73. The first-order valence-corrected chi connectivity index (χ1v) is 11.8. The van der Waals surface area contributed by atoms with Crippen LogP contribution in [-0.4, -0.2) is 46.9 Å². The van der Waals surface area contributed by atoms with Crippen LogP contribution in [-0.2, 0) is 15.1 Å². The lowest BCUT2D eigenvalue weighted by Gasteiger charge is -2.45. The van der Waals surface area contributed by atoms with Gasteiger partial charge in [0.15, 0.2) is 5.60 Å². The number of amides is 3. The maximum Gasteiger partial charge on any atom is 0.412 e. The number of benzene rings is 1. The number of nitrogens with zero attached hydrogens (tertiary/aromatic N) is 2. The molecule has 3 heterocycles. The minimum Gasteiger partial charge on any atom is -0.436 e. The van der Waals surface area contributed by atoms with Crippen molar-refractivity contribution >= 4 is 41.0 Å². The van der Waals surface area contributed by atoms with E-state index in [0.717, 1.165) is 18.4 Å². The Bertz CT molecular complexity index is 1140. The number of hydrogen-bond acceptors (Lipinski definition) is 6. The topological polar surface area (TPSA) is 127 Å². The first-order valence-electron chi connectivity index (χ1n) is 11.4. The monoisotopic (exact) mass is 483 g/mol. The molecule has 0 bridgehead atoms. The standard InChI is InChI=1S/C24H26ClN5O4/c25-16-5-6-18-17(11-16)24(34-23(33)29-18)8-1-9-30(13-24)22(32)19(10-14-2-3-14)28-21(31)15-4-7-20(26)27-12-15/h4-7,11-12,14,19H,1-3,8-10,13H2,(H2,26,27)(H,28,31)(H,29,33)/t19-,24-/m0/s1. The minimum absolute atomic E-state index is 0.180. The first kappa shape index (κ1) is 22.5. The second-order valence-corrected chi connectivity index (χ2v) is 9.68. The zero-order valence-electron chi connectivity index (χ0n) is 18.6. The third kappa shape index (κ3) is 4.52. The van der Waals surface area contributed by atoms with Crippen LogP contribution < -0.4 is 16.4 Å². The van der Waals surface area contributed by atoms with Crippen LogP contribution in [0.25, 0.3) is 0 Å². The van der Waals surface area contributed by atoms with Gasteiger partial charge in [-0.3, -0.25) is 14.9 Å². The Morgan fingerprint density at radius 3 is 2.88 bits per heavy atom. The van der Waals surface area contributed by atoms with Crippen molar-refractivity contribution in [2.75, 3.05) is 24.1 Å². The lowest BCUT2D eigenvalue weighted by Crippen LogP contribution is -2.57. The second-order valence-electron chi connectivity index (χ2n) is 9.24. The maximum atomic E-state index is 13.7. The number of rotatable bonds is 5. The average Bonchev–Trinajstić information content (AvgIpc) is 3.63. The molecule has 3 aliphatic rings. The summed E-state index contributed by atoms with van der Waals surface area (Å²) in [5, 5.41) is 6.14. The highest BCUT2D eigenvalue weighted by Crippen LogP contribution is 2.43. The molecule has 3 amide bonds. The van der Waals surface area contributed by atoms with Crippen molar-refractivity contribution in [3.63, 3.8) is 0 Å². The molecule has 34 heavy (non-hydrogen) atoms. The van der Waals surface area contributed by atoms with Crippen molar-refractivity contribution in [2.45, 2.75) is 43.7 Å². The lowest BCUT2D eigenvalue weighted by molar-refractivity contribution is -0.141. The summed E-state index contributed by atoms with van der Waals surface area (Å²) in [5.74, 6) is 0.177. The summed E-state index contributed by atoms with van der Waals surface area (Å²) in [4.78, 5) is 44.5. The molecular formula is C24H26ClN5O4. The fraction of sp³-hybridized carbons (Fsp3) is 0.417. The van der Waals surface area contributed by atoms with Gasteiger partial charge in [0, 0.05) is 23.3 Å². The summed E-state index contributed by atoms with van der Waals surface area (Å²) < 4.78 is 5.80. The molecule has 2 aliphatic heterocycles. The Morgan fingerprint density at radius 1 is 1.32 bits per heavy atom. The van der Waals surface area contributed by atoms with Crippen LogP contribution >= 0.6 is 11.6 Å². The number of fused-ring (bicyclic) bond motifs is 2. The van der Waals surface area contributed by atoms with Gasteiger partial charge in [0.05, 0.1) is 17.8 Å². The molecule has 1 aromatic carbocycles. The number of likely N-dealkylation sites (tertiary alicyclic amines) is 1. The number of pyridine rings is 1. The molecule has 2 fully saturated rings. The lowest BCUT2D eigenvalue weighted by atomic mass is 9.83. The predicted octanol–water partition coefficient (Wildman–Crippen LogP) is 3.30. The molecule has 0 radical (unpaired) electrons. The number of hydrogen-bond donors (Lipinski definition) is 3. The number of carbonyl (C=O) groups excluding carboxylic acids is 3. The quantitative estimate of drug-likeness (QED) is 0.599. The second kappa shape index (κ2) is 8.79. The fourth-order valence-corrected chi connectivity index (χ4v) is 4.97. The van der Waals surface area contributed by atoms with E-state index in [2.05, 4.69) is 15.6 Å². The third-order valence-corrected chi connectivity index (χ3v) is 6.92. The van der Waals surface area contributed by atoms with Gasteiger partial charge in [-0.05, 0) is 55.5 Å². The normalized spacial score (nSPS) is 22.4. The molecule has 5 rings (SSSR count). The molecule has 1 saturated carbocycles. The third-order valence-electron chi connectivity index (χ3n) is 6.68. The molecule has 10 heteroatoms. The number of halogens is 1. The number of aromatic nitrogens is 1. The van der Waals surface area contributed by atoms with E-state index in [4.69, 9.17) is 22.1 Å². The van der Waals surface area contributed by atoms with Crippen molar-refractivity contribution in [2.24, 2.45) is 5.92 Å². The van der Waals surface area contributed by atoms with E-state index in [0.29, 0.717) is 53.8 Å². The van der Waals surface area contributed by atoms with Crippen LogP contribution in [0.1, 0.15) is 48.0 Å². The maximum absolute atomic E-state index is 13.7. The van der Waals surface area contributed by atoms with E-state index in [1.165, 1.54) is 6.20 Å². The van der Waals surface area contributed by atoms with Crippen molar-refractivity contribution in [1.29, 1.82) is 0 Å². The summed E-state index contributed by atoms with van der Waals surface area (Å²) in [5.41, 5.74) is 6.37. The Hall–Kier alpha value is -3.33. The number of nitrogens with one attached hydrogen (secondary N) is 2. The molecule has 2 aromatic rings. The van der Waals surface area contributed by atoms with Crippen LogP contribution in [0.2, 0.25) is 5.02 Å². The molecule has 1 aliphatic carbocycles. The van der Waals surface area contributed by atoms with Gasteiger partial charge in [-0.25, -0.2) is 9.78 Å².